The minimum Gasteiger partial charge on any atom is -0.383 e. The van der Waals surface area contributed by atoms with E-state index in [1.165, 1.54) is 4.68 Å². The van der Waals surface area contributed by atoms with Crippen molar-refractivity contribution in [3.8, 4) is 11.3 Å². The summed E-state index contributed by atoms with van der Waals surface area (Å²) in [5.41, 5.74) is 7.12. The Hall–Kier alpha value is -1.19. The molecule has 5 heteroatoms. The van der Waals surface area contributed by atoms with E-state index in [-0.39, 0.29) is 0 Å². The van der Waals surface area contributed by atoms with Crippen LogP contribution in [0.25, 0.3) is 11.3 Å². The minimum atomic E-state index is 0.436. The molecule has 0 aliphatic carbocycles. The zero-order valence-corrected chi connectivity index (χ0v) is 9.55. The summed E-state index contributed by atoms with van der Waals surface area (Å²) in [6.07, 6.45) is 0. The lowest BCUT2D eigenvalue weighted by Crippen LogP contribution is -1.96. The molecule has 15 heavy (non-hydrogen) atoms. The van der Waals surface area contributed by atoms with Crippen LogP contribution in [0.3, 0.4) is 0 Å². The van der Waals surface area contributed by atoms with E-state index >= 15 is 0 Å². The lowest BCUT2D eigenvalue weighted by Gasteiger charge is -1.99. The van der Waals surface area contributed by atoms with Crippen LogP contribution in [-0.4, -0.2) is 9.78 Å². The Morgan fingerprint density at radius 2 is 1.93 bits per heavy atom. The largest absolute Gasteiger partial charge is 0.383 e. The normalized spacial score (nSPS) is 10.6. The second kappa shape index (κ2) is 3.76. The molecule has 0 aliphatic heterocycles. The highest BCUT2D eigenvalue weighted by Gasteiger charge is 2.15. The van der Waals surface area contributed by atoms with Gasteiger partial charge in [0.2, 0.25) is 0 Å². The van der Waals surface area contributed by atoms with Crippen molar-refractivity contribution in [2.45, 2.75) is 0 Å². The van der Waals surface area contributed by atoms with Crippen LogP contribution in [0.15, 0.2) is 24.3 Å². The summed E-state index contributed by atoms with van der Waals surface area (Å²) < 4.78 is 1.53. The van der Waals surface area contributed by atoms with Crippen LogP contribution in [0, 0.1) is 0 Å². The molecule has 1 aromatic heterocycles. The number of halogens is 2. The van der Waals surface area contributed by atoms with Crippen molar-refractivity contribution >= 4 is 29.0 Å². The third-order valence-electron chi connectivity index (χ3n) is 2.16. The highest BCUT2D eigenvalue weighted by molar-refractivity contribution is 6.37. The fourth-order valence-corrected chi connectivity index (χ4v) is 1.82. The van der Waals surface area contributed by atoms with E-state index in [9.17, 15) is 0 Å². The van der Waals surface area contributed by atoms with Crippen LogP contribution in [0.2, 0.25) is 10.0 Å². The van der Waals surface area contributed by atoms with E-state index in [4.69, 9.17) is 28.9 Å². The van der Waals surface area contributed by atoms with E-state index in [0.717, 1.165) is 5.56 Å². The van der Waals surface area contributed by atoms with Gasteiger partial charge in [0, 0.05) is 12.6 Å². The number of hydrogen-bond acceptors (Lipinski definition) is 2. The number of aromatic nitrogens is 2. The van der Waals surface area contributed by atoms with Gasteiger partial charge in [0.15, 0.2) is 0 Å². The fourth-order valence-electron chi connectivity index (χ4n) is 1.34. The Balaban J connectivity index is 2.65. The summed E-state index contributed by atoms with van der Waals surface area (Å²) in [4.78, 5) is 0. The molecule has 0 spiro atoms. The monoisotopic (exact) mass is 241 g/mol. The summed E-state index contributed by atoms with van der Waals surface area (Å²) >= 11 is 12.1. The van der Waals surface area contributed by atoms with Gasteiger partial charge in [-0.3, -0.25) is 4.68 Å². The van der Waals surface area contributed by atoms with Gasteiger partial charge in [0.05, 0.1) is 5.02 Å². The second-order valence-electron chi connectivity index (χ2n) is 3.15. The third kappa shape index (κ3) is 1.68. The molecule has 2 aromatic rings. The van der Waals surface area contributed by atoms with Crippen LogP contribution in [0.5, 0.6) is 0 Å². The van der Waals surface area contributed by atoms with E-state index in [1.54, 1.807) is 13.1 Å². The number of rotatable bonds is 1. The molecule has 3 nitrogen and oxygen atoms in total. The maximum atomic E-state index is 6.05. The number of benzene rings is 1. The van der Waals surface area contributed by atoms with Gasteiger partial charge in [-0.1, -0.05) is 41.4 Å². The first kappa shape index (κ1) is 10.3. The lowest BCUT2D eigenvalue weighted by atomic mass is 10.1. The molecular formula is C10H9Cl2N3. The van der Waals surface area contributed by atoms with Gasteiger partial charge in [-0.15, -0.1) is 0 Å². The maximum absolute atomic E-state index is 6.05. The van der Waals surface area contributed by atoms with Crippen LogP contribution in [0.1, 0.15) is 0 Å². The SMILES string of the molecule is Cn1nc(-c2ccccc2Cl)c(Cl)c1N. The van der Waals surface area contributed by atoms with Crippen molar-refractivity contribution in [2.75, 3.05) is 5.73 Å². The van der Waals surface area contributed by atoms with Crippen molar-refractivity contribution in [1.82, 2.24) is 9.78 Å². The average molecular weight is 242 g/mol. The Morgan fingerprint density at radius 1 is 1.27 bits per heavy atom. The highest BCUT2D eigenvalue weighted by atomic mass is 35.5. The van der Waals surface area contributed by atoms with Crippen LogP contribution >= 0.6 is 23.2 Å². The molecule has 0 fully saturated rings. The minimum absolute atomic E-state index is 0.436. The standard InChI is InChI=1S/C10H9Cl2N3/c1-15-10(13)8(12)9(14-15)6-4-2-3-5-7(6)11/h2-5H,13H2,1H3. The molecular weight excluding hydrogens is 233 g/mol. The lowest BCUT2D eigenvalue weighted by molar-refractivity contribution is 0.782. The first-order chi connectivity index (χ1) is 7.11. The molecule has 0 unspecified atom stereocenters. The molecule has 2 N–H and O–H groups in total. The van der Waals surface area contributed by atoms with Crippen LogP contribution in [-0.2, 0) is 7.05 Å². The van der Waals surface area contributed by atoms with E-state index in [0.29, 0.717) is 21.6 Å². The number of nitrogens with zero attached hydrogens (tertiary/aromatic N) is 2. The quantitative estimate of drug-likeness (QED) is 0.835. The molecule has 0 aliphatic rings. The smallest absolute Gasteiger partial charge is 0.140 e. The maximum Gasteiger partial charge on any atom is 0.140 e. The Labute approximate surface area is 97.4 Å². The Morgan fingerprint density at radius 3 is 2.47 bits per heavy atom. The fraction of sp³-hybridized carbons (Fsp3) is 0.100. The first-order valence-corrected chi connectivity index (χ1v) is 5.09. The van der Waals surface area contributed by atoms with Gasteiger partial charge in [-0.2, -0.15) is 5.10 Å². The Bertz CT molecular complexity index is 505. The molecule has 0 atom stereocenters. The van der Waals surface area contributed by atoms with Gasteiger partial charge in [0.1, 0.15) is 16.5 Å². The van der Waals surface area contributed by atoms with Gasteiger partial charge in [-0.05, 0) is 6.07 Å². The zero-order valence-electron chi connectivity index (χ0n) is 8.04. The molecule has 78 valence electrons. The topological polar surface area (TPSA) is 43.8 Å². The van der Waals surface area contributed by atoms with Gasteiger partial charge in [-0.25, -0.2) is 0 Å². The van der Waals surface area contributed by atoms with Crippen molar-refractivity contribution in [3.05, 3.63) is 34.3 Å². The van der Waals surface area contributed by atoms with Crippen molar-refractivity contribution in [2.24, 2.45) is 7.05 Å². The van der Waals surface area contributed by atoms with Crippen molar-refractivity contribution in [1.29, 1.82) is 0 Å². The van der Waals surface area contributed by atoms with Crippen molar-refractivity contribution in [3.63, 3.8) is 0 Å². The predicted octanol–water partition coefficient (Wildman–Crippen LogP) is 2.98. The number of hydrogen-bond donors (Lipinski definition) is 1. The van der Waals surface area contributed by atoms with E-state index in [2.05, 4.69) is 5.10 Å². The zero-order chi connectivity index (χ0) is 11.0. The molecule has 0 amide bonds. The molecule has 1 heterocycles. The first-order valence-electron chi connectivity index (χ1n) is 4.34. The summed E-state index contributed by atoms with van der Waals surface area (Å²) in [5.74, 6) is 0.437. The van der Waals surface area contributed by atoms with E-state index < -0.39 is 0 Å². The number of aryl methyl sites for hydroxylation is 1. The highest BCUT2D eigenvalue weighted by Crippen LogP contribution is 2.34. The summed E-state index contributed by atoms with van der Waals surface area (Å²) in [7, 11) is 1.74. The molecule has 0 radical (unpaired) electrons. The predicted molar refractivity (Wildman–Crippen MR) is 63.1 cm³/mol. The molecule has 0 bridgehead atoms. The van der Waals surface area contributed by atoms with Crippen LogP contribution < -0.4 is 5.73 Å². The van der Waals surface area contributed by atoms with Crippen molar-refractivity contribution < 1.29 is 0 Å². The summed E-state index contributed by atoms with van der Waals surface area (Å²) in [5, 5.41) is 5.26. The number of anilines is 1. The number of nitrogen functional groups attached to an aromatic ring is 1. The van der Waals surface area contributed by atoms with Gasteiger partial charge in [0.25, 0.3) is 0 Å². The van der Waals surface area contributed by atoms with Crippen LogP contribution in [0.4, 0.5) is 5.82 Å². The van der Waals surface area contributed by atoms with E-state index in [1.807, 2.05) is 18.2 Å². The molecule has 0 saturated carbocycles. The van der Waals surface area contributed by atoms with Gasteiger partial charge >= 0.3 is 0 Å². The molecule has 0 saturated heterocycles. The summed E-state index contributed by atoms with van der Waals surface area (Å²) in [6.45, 7) is 0. The van der Waals surface area contributed by atoms with Gasteiger partial charge < -0.3 is 5.73 Å². The molecule has 2 rings (SSSR count). The second-order valence-corrected chi connectivity index (χ2v) is 3.94. The average Bonchev–Trinajstić information content (AvgIpc) is 2.47. The summed E-state index contributed by atoms with van der Waals surface area (Å²) in [6, 6.07) is 7.38. The third-order valence-corrected chi connectivity index (χ3v) is 2.86. The Kier molecular flexibility index (Phi) is 2.59. The number of nitrogens with two attached hydrogens (primary N) is 1. The molecule has 1 aromatic carbocycles.